The van der Waals surface area contributed by atoms with Crippen molar-refractivity contribution in [1.82, 2.24) is 5.32 Å². The lowest BCUT2D eigenvalue weighted by molar-refractivity contribution is -0.139. The molecule has 1 aromatic carbocycles. The van der Waals surface area contributed by atoms with Gasteiger partial charge >= 0.3 is 6.18 Å². The van der Waals surface area contributed by atoms with Crippen LogP contribution in [0.3, 0.4) is 0 Å². The molecular weight excluding hydrogens is 303 g/mol. The lowest BCUT2D eigenvalue weighted by atomic mass is 9.89. The predicted molar refractivity (Wildman–Crippen MR) is 79.3 cm³/mol. The van der Waals surface area contributed by atoms with E-state index in [1.807, 2.05) is 0 Å². The van der Waals surface area contributed by atoms with E-state index in [2.05, 4.69) is 5.32 Å². The second-order valence-electron chi connectivity index (χ2n) is 5.44. The minimum Gasteiger partial charge on any atom is -0.490 e. The molecule has 120 valence electrons. The molecular formula is C15H21ClF3NO. The van der Waals surface area contributed by atoms with E-state index in [4.69, 9.17) is 4.74 Å². The van der Waals surface area contributed by atoms with Crippen molar-refractivity contribution in [3.63, 3.8) is 0 Å². The average Bonchev–Trinajstić information content (AvgIpc) is 2.38. The van der Waals surface area contributed by atoms with Crippen molar-refractivity contribution in [2.75, 3.05) is 13.1 Å². The van der Waals surface area contributed by atoms with Crippen molar-refractivity contribution in [1.29, 1.82) is 0 Å². The van der Waals surface area contributed by atoms with Crippen LogP contribution in [-0.4, -0.2) is 19.2 Å². The first-order valence-corrected chi connectivity index (χ1v) is 6.96. The maximum Gasteiger partial charge on any atom is 0.419 e. The highest BCUT2D eigenvalue weighted by Crippen LogP contribution is 2.39. The van der Waals surface area contributed by atoms with E-state index in [1.54, 1.807) is 19.9 Å². The lowest BCUT2D eigenvalue weighted by Gasteiger charge is -2.24. The van der Waals surface area contributed by atoms with Crippen LogP contribution in [0.1, 0.15) is 43.7 Å². The summed E-state index contributed by atoms with van der Waals surface area (Å²) in [5.74, 6) is 0.121. The highest BCUT2D eigenvalue weighted by Gasteiger charge is 2.35. The molecule has 1 aliphatic rings. The Balaban J connectivity index is 0.00000220. The van der Waals surface area contributed by atoms with Crippen LogP contribution in [0.4, 0.5) is 13.2 Å². The Morgan fingerprint density at radius 1 is 1.19 bits per heavy atom. The van der Waals surface area contributed by atoms with Gasteiger partial charge in [0, 0.05) is 0 Å². The smallest absolute Gasteiger partial charge is 0.419 e. The van der Waals surface area contributed by atoms with Crippen molar-refractivity contribution >= 4 is 12.4 Å². The first-order valence-electron chi connectivity index (χ1n) is 6.96. The Kier molecular flexibility index (Phi) is 6.35. The number of piperidine rings is 1. The molecule has 0 saturated carbocycles. The summed E-state index contributed by atoms with van der Waals surface area (Å²) in [6.45, 7) is 5.16. The number of halogens is 4. The van der Waals surface area contributed by atoms with Crippen LogP contribution in [0.2, 0.25) is 0 Å². The maximum atomic E-state index is 13.2. The van der Waals surface area contributed by atoms with Crippen LogP contribution in [0.5, 0.6) is 5.75 Å². The molecule has 1 aliphatic heterocycles. The number of benzene rings is 1. The van der Waals surface area contributed by atoms with Crippen LogP contribution in [-0.2, 0) is 6.18 Å². The Bertz CT molecular complexity index is 457. The molecule has 0 atom stereocenters. The largest absolute Gasteiger partial charge is 0.490 e. The summed E-state index contributed by atoms with van der Waals surface area (Å²) in [6.07, 6.45) is -2.91. The Hall–Kier alpha value is -0.940. The molecule has 0 bridgehead atoms. The molecule has 0 aromatic heterocycles. The fourth-order valence-corrected chi connectivity index (χ4v) is 2.54. The van der Waals surface area contributed by atoms with Crippen LogP contribution < -0.4 is 10.1 Å². The highest BCUT2D eigenvalue weighted by molar-refractivity contribution is 5.85. The molecule has 0 spiro atoms. The van der Waals surface area contributed by atoms with Crippen LogP contribution in [0.15, 0.2) is 18.2 Å². The van der Waals surface area contributed by atoms with Gasteiger partial charge in [-0.15, -0.1) is 12.4 Å². The van der Waals surface area contributed by atoms with E-state index >= 15 is 0 Å². The molecule has 1 heterocycles. The topological polar surface area (TPSA) is 21.3 Å². The third-order valence-electron chi connectivity index (χ3n) is 3.48. The zero-order valence-corrected chi connectivity index (χ0v) is 13.0. The summed E-state index contributed by atoms with van der Waals surface area (Å²) in [5.41, 5.74) is 0.0946. The lowest BCUT2D eigenvalue weighted by Crippen LogP contribution is -2.26. The van der Waals surface area contributed by atoms with Gasteiger partial charge < -0.3 is 10.1 Å². The first-order chi connectivity index (χ1) is 9.38. The fourth-order valence-electron chi connectivity index (χ4n) is 2.54. The highest BCUT2D eigenvalue weighted by atomic mass is 35.5. The van der Waals surface area contributed by atoms with Crippen LogP contribution >= 0.6 is 12.4 Å². The minimum atomic E-state index is -4.38. The summed E-state index contributed by atoms with van der Waals surface area (Å²) >= 11 is 0. The number of hydrogen-bond acceptors (Lipinski definition) is 2. The van der Waals surface area contributed by atoms with Gasteiger partial charge in [0.15, 0.2) is 0 Å². The van der Waals surface area contributed by atoms with E-state index < -0.39 is 11.7 Å². The SMILES string of the molecule is CC(C)Oc1ccc(C2CCNCC2)cc1C(F)(F)F.Cl. The summed E-state index contributed by atoms with van der Waals surface area (Å²) in [7, 11) is 0. The van der Waals surface area contributed by atoms with Crippen molar-refractivity contribution in [2.24, 2.45) is 0 Å². The van der Waals surface area contributed by atoms with E-state index in [-0.39, 0.29) is 30.2 Å². The second-order valence-corrected chi connectivity index (χ2v) is 5.44. The molecule has 1 fully saturated rings. The number of rotatable bonds is 3. The monoisotopic (exact) mass is 323 g/mol. The molecule has 2 rings (SSSR count). The number of hydrogen-bond donors (Lipinski definition) is 1. The standard InChI is InChI=1S/C15H20F3NO.ClH/c1-10(2)20-14-4-3-12(9-13(14)15(16,17)18)11-5-7-19-8-6-11;/h3-4,9-11,19H,5-8H2,1-2H3;1H. The molecule has 0 amide bonds. The van der Waals surface area contributed by atoms with Gasteiger partial charge in [0.1, 0.15) is 5.75 Å². The van der Waals surface area contributed by atoms with E-state index in [9.17, 15) is 13.2 Å². The van der Waals surface area contributed by atoms with Gasteiger partial charge in [0.2, 0.25) is 0 Å². The molecule has 1 saturated heterocycles. The van der Waals surface area contributed by atoms with Gasteiger partial charge in [-0.3, -0.25) is 0 Å². The van der Waals surface area contributed by atoms with Gasteiger partial charge in [-0.1, -0.05) is 6.07 Å². The molecule has 21 heavy (non-hydrogen) atoms. The minimum absolute atomic E-state index is 0. The molecule has 1 aromatic rings. The Morgan fingerprint density at radius 2 is 1.81 bits per heavy atom. The zero-order chi connectivity index (χ0) is 14.8. The van der Waals surface area contributed by atoms with Gasteiger partial charge in [-0.2, -0.15) is 13.2 Å². The predicted octanol–water partition coefficient (Wildman–Crippen LogP) is 4.38. The normalized spacial score (nSPS) is 16.7. The third kappa shape index (κ3) is 4.78. The zero-order valence-electron chi connectivity index (χ0n) is 12.2. The summed E-state index contributed by atoms with van der Waals surface area (Å²) in [4.78, 5) is 0. The summed E-state index contributed by atoms with van der Waals surface area (Å²) in [6, 6.07) is 4.48. The summed E-state index contributed by atoms with van der Waals surface area (Å²) in [5, 5.41) is 3.22. The summed E-state index contributed by atoms with van der Waals surface area (Å²) < 4.78 is 44.7. The van der Waals surface area contributed by atoms with E-state index in [0.717, 1.165) is 31.5 Å². The Labute approximate surface area is 129 Å². The number of ether oxygens (including phenoxy) is 1. The number of alkyl halides is 3. The quantitative estimate of drug-likeness (QED) is 0.891. The van der Waals surface area contributed by atoms with Gasteiger partial charge in [-0.05, 0) is 63.4 Å². The maximum absolute atomic E-state index is 13.2. The molecule has 0 aliphatic carbocycles. The van der Waals surface area contributed by atoms with E-state index in [1.165, 1.54) is 12.1 Å². The molecule has 2 nitrogen and oxygen atoms in total. The molecule has 0 radical (unpaired) electrons. The Morgan fingerprint density at radius 3 is 2.33 bits per heavy atom. The average molecular weight is 324 g/mol. The number of nitrogens with one attached hydrogen (secondary N) is 1. The third-order valence-corrected chi connectivity index (χ3v) is 3.48. The van der Waals surface area contributed by atoms with Crippen molar-refractivity contribution in [2.45, 2.75) is 44.9 Å². The van der Waals surface area contributed by atoms with Crippen molar-refractivity contribution < 1.29 is 17.9 Å². The molecule has 6 heteroatoms. The van der Waals surface area contributed by atoms with Crippen LogP contribution in [0, 0.1) is 0 Å². The van der Waals surface area contributed by atoms with Crippen LogP contribution in [0.25, 0.3) is 0 Å². The second kappa shape index (κ2) is 7.36. The fraction of sp³-hybridized carbons (Fsp3) is 0.600. The van der Waals surface area contributed by atoms with Gasteiger partial charge in [0.05, 0.1) is 11.7 Å². The van der Waals surface area contributed by atoms with Gasteiger partial charge in [-0.25, -0.2) is 0 Å². The van der Waals surface area contributed by atoms with Crippen molar-refractivity contribution in [3.8, 4) is 5.75 Å². The van der Waals surface area contributed by atoms with Gasteiger partial charge in [0.25, 0.3) is 0 Å². The van der Waals surface area contributed by atoms with E-state index in [0.29, 0.717) is 0 Å². The molecule has 0 unspecified atom stereocenters. The van der Waals surface area contributed by atoms with Crippen molar-refractivity contribution in [3.05, 3.63) is 29.3 Å². The first kappa shape index (κ1) is 18.1. The molecule has 1 N–H and O–H groups in total.